The number of phenols is 1. The lowest BCUT2D eigenvalue weighted by Crippen LogP contribution is -2.57. The normalized spacial score (nSPS) is 19.2. The third kappa shape index (κ3) is 6.60. The van der Waals surface area contributed by atoms with Crippen molar-refractivity contribution in [2.24, 2.45) is 11.3 Å². The molecule has 0 radical (unpaired) electrons. The SMILES string of the molecule is Cc1c(O)cccc1C(=O)N[C@@H](Cc1ccccc1)[C@H](O)C(=O)N1CC(F)(F)C(C)(C)[C@H]1C(=O)NCCC(C)C. The molecule has 0 unspecified atom stereocenters. The van der Waals surface area contributed by atoms with Crippen molar-refractivity contribution in [3.8, 4) is 5.75 Å². The van der Waals surface area contributed by atoms with Crippen molar-refractivity contribution >= 4 is 17.7 Å². The van der Waals surface area contributed by atoms with Crippen LogP contribution in [-0.2, 0) is 16.0 Å². The van der Waals surface area contributed by atoms with Crippen molar-refractivity contribution in [1.29, 1.82) is 0 Å². The maximum atomic E-state index is 15.2. The largest absolute Gasteiger partial charge is 0.508 e. The number of phenolic OH excluding ortho intramolecular Hbond substituents is 1. The number of hydrogen-bond donors (Lipinski definition) is 4. The number of carbonyl (C=O) groups excluding carboxylic acids is 3. The Morgan fingerprint density at radius 3 is 2.35 bits per heavy atom. The fourth-order valence-electron chi connectivity index (χ4n) is 4.92. The molecule has 0 spiro atoms. The van der Waals surface area contributed by atoms with Crippen molar-refractivity contribution in [3.63, 3.8) is 0 Å². The fourth-order valence-corrected chi connectivity index (χ4v) is 4.92. The number of alkyl halides is 2. The standard InChI is InChI=1S/C30H39F2N3O5/c1-18(2)14-15-33-27(39)25-29(4,5)30(31,32)17-35(25)28(40)24(37)22(16-20-10-7-6-8-11-20)34-26(38)21-12-9-13-23(36)19(21)3/h6-13,18,22,24-25,36-37H,14-17H2,1-5H3,(H,33,39)(H,34,38)/t22-,24-,25+/m0/s1. The molecule has 0 bridgehead atoms. The zero-order valence-corrected chi connectivity index (χ0v) is 23.6. The van der Waals surface area contributed by atoms with Crippen molar-refractivity contribution in [2.75, 3.05) is 13.1 Å². The summed E-state index contributed by atoms with van der Waals surface area (Å²) in [7, 11) is 0. The maximum absolute atomic E-state index is 15.2. The molecule has 3 amide bonds. The van der Waals surface area contributed by atoms with Gasteiger partial charge in [0.15, 0.2) is 6.10 Å². The Labute approximate surface area is 233 Å². The van der Waals surface area contributed by atoms with Crippen LogP contribution in [0.1, 0.15) is 55.6 Å². The van der Waals surface area contributed by atoms with Gasteiger partial charge in [-0.25, -0.2) is 8.78 Å². The average Bonchev–Trinajstić information content (AvgIpc) is 3.08. The number of nitrogens with zero attached hydrogens (tertiary/aromatic N) is 1. The average molecular weight is 560 g/mol. The van der Waals surface area contributed by atoms with E-state index in [1.807, 2.05) is 13.8 Å². The molecule has 2 aromatic rings. The van der Waals surface area contributed by atoms with E-state index < -0.39 is 53.8 Å². The highest BCUT2D eigenvalue weighted by Crippen LogP contribution is 2.48. The minimum atomic E-state index is -3.40. The highest BCUT2D eigenvalue weighted by Gasteiger charge is 2.64. The molecule has 0 aliphatic carbocycles. The number of nitrogens with one attached hydrogen (secondary N) is 2. The van der Waals surface area contributed by atoms with Gasteiger partial charge in [-0.15, -0.1) is 0 Å². The molecular formula is C30H39F2N3O5. The smallest absolute Gasteiger partial charge is 0.272 e. The van der Waals surface area contributed by atoms with E-state index in [0.29, 0.717) is 17.5 Å². The first-order valence-electron chi connectivity index (χ1n) is 13.4. The topological polar surface area (TPSA) is 119 Å². The second-order valence-corrected chi connectivity index (χ2v) is 11.4. The van der Waals surface area contributed by atoms with Gasteiger partial charge >= 0.3 is 0 Å². The van der Waals surface area contributed by atoms with E-state index in [0.717, 1.165) is 4.90 Å². The van der Waals surface area contributed by atoms with Crippen LogP contribution in [0.2, 0.25) is 0 Å². The minimum Gasteiger partial charge on any atom is -0.508 e. The third-order valence-electron chi connectivity index (χ3n) is 7.66. The van der Waals surface area contributed by atoms with Gasteiger partial charge in [0.05, 0.1) is 18.0 Å². The molecule has 1 aliphatic rings. The summed E-state index contributed by atoms with van der Waals surface area (Å²) in [6.07, 6.45) is -1.29. The molecule has 1 aliphatic heterocycles. The maximum Gasteiger partial charge on any atom is 0.272 e. The number of aliphatic hydroxyl groups excluding tert-OH is 1. The molecule has 1 heterocycles. The van der Waals surface area contributed by atoms with Crippen LogP contribution in [0, 0.1) is 18.3 Å². The molecule has 8 nitrogen and oxygen atoms in total. The van der Waals surface area contributed by atoms with Crippen molar-refractivity contribution in [3.05, 3.63) is 65.2 Å². The van der Waals surface area contributed by atoms with Crippen LogP contribution >= 0.6 is 0 Å². The summed E-state index contributed by atoms with van der Waals surface area (Å²) >= 11 is 0. The van der Waals surface area contributed by atoms with Crippen LogP contribution in [0.15, 0.2) is 48.5 Å². The predicted molar refractivity (Wildman–Crippen MR) is 147 cm³/mol. The number of amides is 3. The van der Waals surface area contributed by atoms with Crippen molar-refractivity contribution in [2.45, 2.75) is 71.6 Å². The third-order valence-corrected chi connectivity index (χ3v) is 7.66. The summed E-state index contributed by atoms with van der Waals surface area (Å²) in [6, 6.07) is 10.4. The van der Waals surface area contributed by atoms with Crippen LogP contribution in [-0.4, -0.2) is 70.0 Å². The van der Waals surface area contributed by atoms with E-state index in [9.17, 15) is 24.6 Å². The fraction of sp³-hybridized carbons (Fsp3) is 0.500. The Bertz CT molecular complexity index is 1220. The number of aromatic hydroxyl groups is 1. The molecule has 3 atom stereocenters. The van der Waals surface area contributed by atoms with E-state index in [2.05, 4.69) is 10.6 Å². The molecule has 2 aromatic carbocycles. The number of hydrogen-bond acceptors (Lipinski definition) is 5. The van der Waals surface area contributed by atoms with Gasteiger partial charge in [-0.3, -0.25) is 14.4 Å². The molecular weight excluding hydrogens is 520 g/mol. The second kappa shape index (κ2) is 12.3. The number of aliphatic hydroxyl groups is 1. The highest BCUT2D eigenvalue weighted by molar-refractivity contribution is 5.97. The molecule has 40 heavy (non-hydrogen) atoms. The molecule has 4 N–H and O–H groups in total. The molecule has 1 fully saturated rings. The predicted octanol–water partition coefficient (Wildman–Crippen LogP) is 3.44. The second-order valence-electron chi connectivity index (χ2n) is 11.4. The van der Waals surface area contributed by atoms with E-state index >= 15 is 8.78 Å². The van der Waals surface area contributed by atoms with Crippen LogP contribution in [0.5, 0.6) is 5.75 Å². The van der Waals surface area contributed by atoms with E-state index in [1.54, 1.807) is 37.3 Å². The van der Waals surface area contributed by atoms with Gasteiger partial charge < -0.3 is 25.7 Å². The lowest BCUT2D eigenvalue weighted by atomic mass is 9.81. The lowest BCUT2D eigenvalue weighted by molar-refractivity contribution is -0.148. The summed E-state index contributed by atoms with van der Waals surface area (Å²) in [5, 5.41) is 26.6. The Kier molecular flexibility index (Phi) is 9.56. The van der Waals surface area contributed by atoms with E-state index in [1.165, 1.54) is 32.0 Å². The van der Waals surface area contributed by atoms with Gasteiger partial charge in [0.2, 0.25) is 5.91 Å². The van der Waals surface area contributed by atoms with Crippen LogP contribution in [0.4, 0.5) is 8.78 Å². The quantitative estimate of drug-likeness (QED) is 0.356. The monoisotopic (exact) mass is 559 g/mol. The Hall–Kier alpha value is -3.53. The Morgan fingerprint density at radius 1 is 1.07 bits per heavy atom. The summed E-state index contributed by atoms with van der Waals surface area (Å²) in [5.74, 6) is -5.69. The molecule has 0 saturated carbocycles. The summed E-state index contributed by atoms with van der Waals surface area (Å²) in [6.45, 7) is 7.15. The number of carbonyl (C=O) groups is 3. The summed E-state index contributed by atoms with van der Waals surface area (Å²) in [4.78, 5) is 40.7. The number of halogens is 2. The minimum absolute atomic E-state index is 0.0101. The van der Waals surface area contributed by atoms with Crippen LogP contribution in [0.25, 0.3) is 0 Å². The zero-order valence-electron chi connectivity index (χ0n) is 23.6. The van der Waals surface area contributed by atoms with Crippen LogP contribution in [0.3, 0.4) is 0 Å². The number of rotatable bonds is 10. The van der Waals surface area contributed by atoms with Gasteiger partial charge in [-0.05, 0) is 43.4 Å². The van der Waals surface area contributed by atoms with Gasteiger partial charge in [0.25, 0.3) is 17.7 Å². The first-order valence-corrected chi connectivity index (χ1v) is 13.4. The Balaban J connectivity index is 1.92. The first kappa shape index (κ1) is 31.0. The Morgan fingerprint density at radius 2 is 1.73 bits per heavy atom. The molecule has 1 saturated heterocycles. The van der Waals surface area contributed by atoms with Gasteiger partial charge in [0, 0.05) is 17.7 Å². The lowest BCUT2D eigenvalue weighted by Gasteiger charge is -2.34. The summed E-state index contributed by atoms with van der Waals surface area (Å²) < 4.78 is 30.3. The molecule has 0 aromatic heterocycles. The van der Waals surface area contributed by atoms with E-state index in [-0.39, 0.29) is 30.2 Å². The zero-order chi connectivity index (χ0) is 29.8. The van der Waals surface area contributed by atoms with Crippen molar-refractivity contribution < 1.29 is 33.4 Å². The highest BCUT2D eigenvalue weighted by atomic mass is 19.3. The molecule has 10 heteroatoms. The first-order chi connectivity index (χ1) is 18.7. The number of benzene rings is 2. The van der Waals surface area contributed by atoms with Crippen LogP contribution < -0.4 is 10.6 Å². The molecule has 3 rings (SSSR count). The van der Waals surface area contributed by atoms with Crippen molar-refractivity contribution in [1.82, 2.24) is 15.5 Å². The van der Waals surface area contributed by atoms with E-state index in [4.69, 9.17) is 0 Å². The summed E-state index contributed by atoms with van der Waals surface area (Å²) in [5.41, 5.74) is -0.782. The van der Waals surface area contributed by atoms with Gasteiger partial charge in [-0.2, -0.15) is 0 Å². The van der Waals surface area contributed by atoms with Gasteiger partial charge in [0.1, 0.15) is 11.8 Å². The number of likely N-dealkylation sites (tertiary alicyclic amines) is 1. The molecule has 218 valence electrons. The van der Waals surface area contributed by atoms with Gasteiger partial charge in [-0.1, -0.05) is 64.1 Å².